The van der Waals surface area contributed by atoms with E-state index in [2.05, 4.69) is 56.3 Å². The molecule has 0 aliphatic carbocycles. The standard InChI is InChI=1S/C19H28N2O2/c1-5-8-15-12-16(22)11-13(2)21(15)23-19(4)14(3)20-18-10-7-6-9-17(18)19/h6-7,9-10,13-15,20H,5,8,11-12H2,1-4H3. The second-order valence-electron chi connectivity index (χ2n) is 7.21. The van der Waals surface area contributed by atoms with Gasteiger partial charge in [0.15, 0.2) is 0 Å². The van der Waals surface area contributed by atoms with Crippen molar-refractivity contribution in [2.45, 2.75) is 77.1 Å². The second kappa shape index (κ2) is 6.25. The molecule has 0 saturated carbocycles. The first-order valence-corrected chi connectivity index (χ1v) is 8.81. The largest absolute Gasteiger partial charge is 0.379 e. The summed E-state index contributed by atoms with van der Waals surface area (Å²) in [5.74, 6) is 0.360. The number of nitrogens with one attached hydrogen (secondary N) is 1. The van der Waals surface area contributed by atoms with E-state index >= 15 is 0 Å². The minimum Gasteiger partial charge on any atom is -0.379 e. The molecular formula is C19H28N2O2. The van der Waals surface area contributed by atoms with Crippen molar-refractivity contribution in [2.75, 3.05) is 5.32 Å². The SMILES string of the molecule is CCCC1CC(=O)CC(C)N1OC1(C)c2ccccc2NC1C. The zero-order chi connectivity index (χ0) is 16.6. The van der Waals surface area contributed by atoms with Gasteiger partial charge < -0.3 is 5.32 Å². The molecule has 2 aliphatic rings. The van der Waals surface area contributed by atoms with Crippen LogP contribution in [0.4, 0.5) is 5.69 Å². The Morgan fingerprint density at radius 3 is 2.78 bits per heavy atom. The number of piperidine rings is 1. The molecule has 4 nitrogen and oxygen atoms in total. The van der Waals surface area contributed by atoms with Crippen molar-refractivity contribution in [1.29, 1.82) is 0 Å². The van der Waals surface area contributed by atoms with Crippen LogP contribution in [0.15, 0.2) is 24.3 Å². The first-order chi connectivity index (χ1) is 11.0. The van der Waals surface area contributed by atoms with Gasteiger partial charge in [-0.3, -0.25) is 9.63 Å². The van der Waals surface area contributed by atoms with Gasteiger partial charge in [-0.05, 0) is 33.3 Å². The molecule has 0 radical (unpaired) electrons. The van der Waals surface area contributed by atoms with Crippen molar-refractivity contribution in [3.63, 3.8) is 0 Å². The maximum atomic E-state index is 12.0. The molecule has 0 aromatic heterocycles. The van der Waals surface area contributed by atoms with E-state index in [1.54, 1.807) is 0 Å². The molecule has 0 amide bonds. The third-order valence-electron chi connectivity index (χ3n) is 5.36. The number of nitrogens with zero attached hydrogens (tertiary/aromatic N) is 1. The van der Waals surface area contributed by atoms with Crippen LogP contribution in [-0.2, 0) is 15.2 Å². The van der Waals surface area contributed by atoms with E-state index < -0.39 is 5.60 Å². The lowest BCUT2D eigenvalue weighted by atomic mass is 9.91. The third kappa shape index (κ3) is 2.90. The van der Waals surface area contributed by atoms with Gasteiger partial charge in [-0.1, -0.05) is 31.5 Å². The van der Waals surface area contributed by atoms with Crippen LogP contribution in [0, 0.1) is 0 Å². The van der Waals surface area contributed by atoms with E-state index in [9.17, 15) is 4.79 Å². The fraction of sp³-hybridized carbons (Fsp3) is 0.632. The number of para-hydroxylation sites is 1. The van der Waals surface area contributed by atoms with Gasteiger partial charge in [0.2, 0.25) is 0 Å². The van der Waals surface area contributed by atoms with E-state index in [1.807, 2.05) is 6.07 Å². The predicted molar refractivity (Wildman–Crippen MR) is 92.2 cm³/mol. The summed E-state index contributed by atoms with van der Waals surface area (Å²) in [7, 11) is 0. The molecule has 1 aromatic carbocycles. The lowest BCUT2D eigenvalue weighted by Crippen LogP contribution is -2.53. The van der Waals surface area contributed by atoms with Gasteiger partial charge in [0.25, 0.3) is 0 Å². The fourth-order valence-corrected chi connectivity index (χ4v) is 3.94. The second-order valence-corrected chi connectivity index (χ2v) is 7.21. The van der Waals surface area contributed by atoms with Crippen LogP contribution in [0.1, 0.15) is 58.9 Å². The number of anilines is 1. The van der Waals surface area contributed by atoms with Crippen LogP contribution >= 0.6 is 0 Å². The van der Waals surface area contributed by atoms with Gasteiger partial charge >= 0.3 is 0 Å². The van der Waals surface area contributed by atoms with Crippen molar-refractivity contribution < 1.29 is 9.63 Å². The molecule has 23 heavy (non-hydrogen) atoms. The molecule has 126 valence electrons. The Hall–Kier alpha value is -1.39. The fourth-order valence-electron chi connectivity index (χ4n) is 3.94. The lowest BCUT2D eigenvalue weighted by molar-refractivity contribution is -0.290. The highest BCUT2D eigenvalue weighted by Gasteiger charge is 2.46. The number of benzene rings is 1. The van der Waals surface area contributed by atoms with E-state index in [1.165, 1.54) is 5.56 Å². The van der Waals surface area contributed by atoms with Crippen molar-refractivity contribution in [2.24, 2.45) is 0 Å². The minimum absolute atomic E-state index is 0.129. The number of hydrogen-bond donors (Lipinski definition) is 1. The molecule has 1 fully saturated rings. The van der Waals surface area contributed by atoms with E-state index in [-0.39, 0.29) is 18.1 Å². The highest BCUT2D eigenvalue weighted by atomic mass is 16.7. The van der Waals surface area contributed by atoms with Crippen LogP contribution in [-0.4, -0.2) is 29.0 Å². The van der Waals surface area contributed by atoms with Gasteiger partial charge in [-0.15, -0.1) is 0 Å². The molecule has 1 N–H and O–H groups in total. The van der Waals surface area contributed by atoms with Crippen LogP contribution in [0.5, 0.6) is 0 Å². The van der Waals surface area contributed by atoms with Crippen LogP contribution in [0.3, 0.4) is 0 Å². The molecule has 3 rings (SSSR count). The number of carbonyl (C=O) groups excluding carboxylic acids is 1. The molecule has 0 bridgehead atoms. The number of fused-ring (bicyclic) bond motifs is 1. The Kier molecular flexibility index (Phi) is 4.47. The molecule has 2 aliphatic heterocycles. The van der Waals surface area contributed by atoms with Crippen molar-refractivity contribution >= 4 is 11.5 Å². The molecule has 0 spiro atoms. The summed E-state index contributed by atoms with van der Waals surface area (Å²) < 4.78 is 0. The smallest absolute Gasteiger partial charge is 0.136 e. The van der Waals surface area contributed by atoms with Gasteiger partial charge in [-0.25, -0.2) is 0 Å². The zero-order valence-corrected chi connectivity index (χ0v) is 14.6. The highest BCUT2D eigenvalue weighted by molar-refractivity contribution is 5.80. The van der Waals surface area contributed by atoms with E-state index in [0.29, 0.717) is 18.6 Å². The number of hydrogen-bond acceptors (Lipinski definition) is 4. The Balaban J connectivity index is 1.88. The van der Waals surface area contributed by atoms with Crippen molar-refractivity contribution in [3.05, 3.63) is 29.8 Å². The summed E-state index contributed by atoms with van der Waals surface area (Å²) in [6.07, 6.45) is 3.25. The normalized spacial score (nSPS) is 34.3. The van der Waals surface area contributed by atoms with Crippen LogP contribution in [0.2, 0.25) is 0 Å². The Labute approximate surface area is 139 Å². The maximum Gasteiger partial charge on any atom is 0.136 e. The quantitative estimate of drug-likeness (QED) is 0.915. The number of hydroxylamine groups is 2. The number of rotatable bonds is 4. The summed E-state index contributed by atoms with van der Waals surface area (Å²) in [5, 5.41) is 5.65. The number of ketones is 1. The topological polar surface area (TPSA) is 41.6 Å². The molecular weight excluding hydrogens is 288 g/mol. The first-order valence-electron chi connectivity index (χ1n) is 8.81. The minimum atomic E-state index is -0.406. The van der Waals surface area contributed by atoms with Crippen LogP contribution < -0.4 is 5.32 Å². The Morgan fingerprint density at radius 2 is 2.04 bits per heavy atom. The zero-order valence-electron chi connectivity index (χ0n) is 14.6. The Morgan fingerprint density at radius 1 is 1.30 bits per heavy atom. The summed E-state index contributed by atoms with van der Waals surface area (Å²) in [5.41, 5.74) is 1.94. The summed E-state index contributed by atoms with van der Waals surface area (Å²) in [6.45, 7) is 8.58. The van der Waals surface area contributed by atoms with Gasteiger partial charge in [0.1, 0.15) is 11.4 Å². The molecule has 1 saturated heterocycles. The Bertz CT molecular complexity index is 588. The first kappa shape index (κ1) is 16.5. The van der Waals surface area contributed by atoms with E-state index in [0.717, 1.165) is 18.5 Å². The predicted octanol–water partition coefficient (Wildman–Crippen LogP) is 3.87. The van der Waals surface area contributed by atoms with Crippen molar-refractivity contribution in [1.82, 2.24) is 5.06 Å². The number of carbonyl (C=O) groups is 1. The van der Waals surface area contributed by atoms with Gasteiger partial charge in [0, 0.05) is 36.2 Å². The summed E-state index contributed by atoms with van der Waals surface area (Å²) in [4.78, 5) is 18.6. The van der Waals surface area contributed by atoms with E-state index in [4.69, 9.17) is 4.84 Å². The average Bonchev–Trinajstić information content (AvgIpc) is 2.75. The molecule has 4 unspecified atom stereocenters. The summed E-state index contributed by atoms with van der Waals surface area (Å²) in [6, 6.07) is 8.86. The third-order valence-corrected chi connectivity index (χ3v) is 5.36. The van der Waals surface area contributed by atoms with Gasteiger partial charge in [-0.2, -0.15) is 5.06 Å². The molecule has 2 heterocycles. The maximum absolute atomic E-state index is 12.0. The molecule has 4 atom stereocenters. The monoisotopic (exact) mass is 316 g/mol. The average molecular weight is 316 g/mol. The highest BCUT2D eigenvalue weighted by Crippen LogP contribution is 2.43. The lowest BCUT2D eigenvalue weighted by Gasteiger charge is -2.44. The van der Waals surface area contributed by atoms with Crippen molar-refractivity contribution in [3.8, 4) is 0 Å². The van der Waals surface area contributed by atoms with Crippen LogP contribution in [0.25, 0.3) is 0 Å². The molecule has 4 heteroatoms. The van der Waals surface area contributed by atoms with Gasteiger partial charge in [0.05, 0.1) is 6.04 Å². The number of Topliss-reactive ketones (excluding diaryl/α,β-unsaturated/α-hetero) is 1. The molecule has 1 aromatic rings. The summed E-state index contributed by atoms with van der Waals surface area (Å²) >= 11 is 0.